The second kappa shape index (κ2) is 7.85. The summed E-state index contributed by atoms with van der Waals surface area (Å²) in [4.78, 5) is 12.8. The van der Waals surface area contributed by atoms with E-state index in [1.165, 1.54) is 11.9 Å². The molecule has 25 heavy (non-hydrogen) atoms. The van der Waals surface area contributed by atoms with E-state index in [2.05, 4.69) is 29.9 Å². The summed E-state index contributed by atoms with van der Waals surface area (Å²) in [5.41, 5.74) is 0. The number of nitrogens with one attached hydrogen (secondary N) is 2. The number of hydrogen-bond acceptors (Lipinski definition) is 8. The van der Waals surface area contributed by atoms with Gasteiger partial charge in [-0.15, -0.1) is 5.10 Å². The minimum absolute atomic E-state index is 0.000942. The fourth-order valence-corrected chi connectivity index (χ4v) is 3.00. The molecule has 0 radical (unpaired) electrons. The maximum absolute atomic E-state index is 5.82. The van der Waals surface area contributed by atoms with Crippen molar-refractivity contribution in [3.8, 4) is 11.6 Å². The van der Waals surface area contributed by atoms with Gasteiger partial charge in [0, 0.05) is 19.5 Å². The summed E-state index contributed by atoms with van der Waals surface area (Å²) < 4.78 is 14.1. The molecule has 10 heteroatoms. The largest absolute Gasteiger partial charge is 0.458 e. The second-order valence-electron chi connectivity index (χ2n) is 5.26. The SMILES string of the molecule is COC(c1ncc(Cl)cn1)C(C)SNc1n[nH]c(-c2ccc(C)o2)n1. The van der Waals surface area contributed by atoms with E-state index in [-0.39, 0.29) is 11.4 Å². The van der Waals surface area contributed by atoms with E-state index in [0.29, 0.717) is 28.4 Å². The van der Waals surface area contributed by atoms with Crippen molar-refractivity contribution in [1.82, 2.24) is 25.1 Å². The van der Waals surface area contributed by atoms with Crippen LogP contribution in [0.5, 0.6) is 0 Å². The smallest absolute Gasteiger partial charge is 0.252 e. The summed E-state index contributed by atoms with van der Waals surface area (Å²) in [6.07, 6.45) is 2.79. The molecule has 0 saturated heterocycles. The van der Waals surface area contributed by atoms with Crippen LogP contribution in [0.1, 0.15) is 24.6 Å². The molecule has 0 aliphatic heterocycles. The fourth-order valence-electron chi connectivity index (χ4n) is 2.16. The van der Waals surface area contributed by atoms with Crippen LogP contribution < -0.4 is 4.72 Å². The number of hydrogen-bond donors (Lipinski definition) is 2. The van der Waals surface area contributed by atoms with E-state index in [1.807, 2.05) is 26.0 Å². The molecule has 2 unspecified atom stereocenters. The van der Waals surface area contributed by atoms with E-state index < -0.39 is 0 Å². The second-order valence-corrected chi connectivity index (χ2v) is 6.88. The van der Waals surface area contributed by atoms with Gasteiger partial charge in [-0.25, -0.2) is 9.97 Å². The maximum Gasteiger partial charge on any atom is 0.252 e. The monoisotopic (exact) mass is 380 g/mol. The van der Waals surface area contributed by atoms with Crippen molar-refractivity contribution in [3.63, 3.8) is 0 Å². The van der Waals surface area contributed by atoms with Crippen molar-refractivity contribution in [1.29, 1.82) is 0 Å². The summed E-state index contributed by atoms with van der Waals surface area (Å²) in [6, 6.07) is 3.71. The fraction of sp³-hybridized carbons (Fsp3) is 0.333. The molecule has 0 aliphatic rings. The molecule has 0 spiro atoms. The molecule has 0 aliphatic carbocycles. The Labute approximate surface area is 153 Å². The number of nitrogens with zero attached hydrogens (tertiary/aromatic N) is 4. The molecular formula is C15H17ClN6O2S. The molecule has 2 N–H and O–H groups in total. The van der Waals surface area contributed by atoms with Crippen molar-refractivity contribution in [2.75, 3.05) is 11.8 Å². The minimum Gasteiger partial charge on any atom is -0.458 e. The Kier molecular flexibility index (Phi) is 5.57. The first-order valence-electron chi connectivity index (χ1n) is 7.48. The molecule has 0 bridgehead atoms. The number of aromatic nitrogens is 5. The minimum atomic E-state index is -0.305. The lowest BCUT2D eigenvalue weighted by Gasteiger charge is -2.20. The van der Waals surface area contributed by atoms with Crippen molar-refractivity contribution in [2.45, 2.75) is 25.2 Å². The van der Waals surface area contributed by atoms with E-state index in [0.717, 1.165) is 5.76 Å². The molecule has 8 nitrogen and oxygen atoms in total. The topological polar surface area (TPSA) is 102 Å². The van der Waals surface area contributed by atoms with Gasteiger partial charge in [-0.2, -0.15) is 4.98 Å². The van der Waals surface area contributed by atoms with E-state index >= 15 is 0 Å². The van der Waals surface area contributed by atoms with Crippen LogP contribution in [0.3, 0.4) is 0 Å². The predicted molar refractivity (Wildman–Crippen MR) is 96.3 cm³/mol. The zero-order valence-electron chi connectivity index (χ0n) is 13.9. The molecule has 0 aromatic carbocycles. The first-order valence-corrected chi connectivity index (χ1v) is 8.73. The molecule has 0 fully saturated rings. The van der Waals surface area contributed by atoms with Crippen molar-refractivity contribution in [2.24, 2.45) is 0 Å². The van der Waals surface area contributed by atoms with Crippen LogP contribution in [-0.2, 0) is 4.74 Å². The van der Waals surface area contributed by atoms with Gasteiger partial charge in [0.2, 0.25) is 0 Å². The van der Waals surface area contributed by atoms with Crippen LogP contribution in [0.25, 0.3) is 11.6 Å². The van der Waals surface area contributed by atoms with Crippen molar-refractivity contribution in [3.05, 3.63) is 41.1 Å². The van der Waals surface area contributed by atoms with Gasteiger partial charge in [-0.3, -0.25) is 9.82 Å². The van der Waals surface area contributed by atoms with Crippen LogP contribution in [0.2, 0.25) is 5.02 Å². The van der Waals surface area contributed by atoms with Gasteiger partial charge in [-0.05, 0) is 37.9 Å². The Morgan fingerprint density at radius 1 is 1.32 bits per heavy atom. The van der Waals surface area contributed by atoms with Gasteiger partial charge in [0.25, 0.3) is 5.95 Å². The third-order valence-electron chi connectivity index (χ3n) is 3.37. The highest BCUT2D eigenvalue weighted by molar-refractivity contribution is 8.01. The molecule has 0 saturated carbocycles. The zero-order valence-corrected chi connectivity index (χ0v) is 15.4. The van der Waals surface area contributed by atoms with Crippen LogP contribution in [0, 0.1) is 6.92 Å². The molecule has 2 atom stereocenters. The van der Waals surface area contributed by atoms with E-state index in [4.69, 9.17) is 20.8 Å². The Hall–Kier alpha value is -2.10. The average Bonchev–Trinajstić information content (AvgIpc) is 3.24. The molecule has 3 rings (SSSR count). The number of aromatic amines is 1. The first kappa shape index (κ1) is 17.7. The number of furan rings is 1. The number of methoxy groups -OCH3 is 1. The van der Waals surface area contributed by atoms with Crippen molar-refractivity contribution >= 4 is 29.5 Å². The Balaban J connectivity index is 1.62. The van der Waals surface area contributed by atoms with Gasteiger partial charge < -0.3 is 9.15 Å². The van der Waals surface area contributed by atoms with Gasteiger partial charge in [-0.1, -0.05) is 11.6 Å². The third-order valence-corrected chi connectivity index (χ3v) is 4.48. The zero-order chi connectivity index (χ0) is 17.8. The number of halogens is 1. The number of rotatable bonds is 7. The number of ether oxygens (including phenoxy) is 1. The Morgan fingerprint density at radius 2 is 2.08 bits per heavy atom. The molecule has 3 aromatic rings. The average molecular weight is 381 g/mol. The summed E-state index contributed by atoms with van der Waals surface area (Å²) in [7, 11) is 1.61. The lowest BCUT2D eigenvalue weighted by Crippen LogP contribution is -2.18. The lowest BCUT2D eigenvalue weighted by atomic mass is 10.2. The van der Waals surface area contributed by atoms with Crippen LogP contribution in [0.4, 0.5) is 5.95 Å². The standard InChI is InChI=1S/C15H17ClN6O2S/c1-8-4-5-11(24-8)13-19-15(21-20-13)22-25-9(2)12(23-3)14-17-6-10(16)7-18-14/h4-7,9,12H,1-3H3,(H2,19,20,21,22). The van der Waals surface area contributed by atoms with Crippen molar-refractivity contribution < 1.29 is 9.15 Å². The molecule has 132 valence electrons. The van der Waals surface area contributed by atoms with Gasteiger partial charge in [0.05, 0.1) is 10.3 Å². The Morgan fingerprint density at radius 3 is 2.72 bits per heavy atom. The Bertz CT molecular complexity index is 822. The molecular weight excluding hydrogens is 364 g/mol. The normalized spacial score (nSPS) is 13.6. The van der Waals surface area contributed by atoms with Crippen LogP contribution in [-0.4, -0.2) is 37.5 Å². The highest BCUT2D eigenvalue weighted by Gasteiger charge is 2.23. The maximum atomic E-state index is 5.82. The number of anilines is 1. The van der Waals surface area contributed by atoms with E-state index in [1.54, 1.807) is 19.5 Å². The third kappa shape index (κ3) is 4.30. The van der Waals surface area contributed by atoms with Gasteiger partial charge in [0.1, 0.15) is 11.9 Å². The number of H-pyrrole nitrogens is 1. The van der Waals surface area contributed by atoms with E-state index in [9.17, 15) is 0 Å². The summed E-state index contributed by atoms with van der Waals surface area (Å²) in [5.74, 6) is 3.03. The summed E-state index contributed by atoms with van der Waals surface area (Å²) in [6.45, 7) is 3.87. The predicted octanol–water partition coefficient (Wildman–Crippen LogP) is 3.65. The molecule has 3 heterocycles. The number of aryl methyl sites for hydroxylation is 1. The summed E-state index contributed by atoms with van der Waals surface area (Å²) in [5, 5.41) is 7.45. The molecule has 3 aromatic heterocycles. The van der Waals surface area contributed by atoms with Crippen LogP contribution in [0.15, 0.2) is 28.9 Å². The quantitative estimate of drug-likeness (QED) is 0.599. The first-order chi connectivity index (χ1) is 12.1. The highest BCUT2D eigenvalue weighted by Crippen LogP contribution is 2.28. The highest BCUT2D eigenvalue weighted by atomic mass is 35.5. The van der Waals surface area contributed by atoms with Crippen LogP contribution >= 0.6 is 23.5 Å². The molecule has 0 amide bonds. The van der Waals surface area contributed by atoms with Gasteiger partial charge >= 0.3 is 0 Å². The lowest BCUT2D eigenvalue weighted by molar-refractivity contribution is 0.0972. The summed E-state index contributed by atoms with van der Waals surface area (Å²) >= 11 is 7.23. The van der Waals surface area contributed by atoms with Gasteiger partial charge in [0.15, 0.2) is 17.4 Å².